The SMILES string of the molecule is [2H]CC(C)(C)OC(=O)NC(C(=O)N1CCC(O)CC1)c1ccccc1. The molecule has 0 aliphatic carbocycles. The number of aliphatic hydroxyl groups excluding tert-OH is 1. The number of hydrogen-bond acceptors (Lipinski definition) is 4. The summed E-state index contributed by atoms with van der Waals surface area (Å²) in [4.78, 5) is 26.8. The number of benzene rings is 1. The van der Waals surface area contributed by atoms with Crippen molar-refractivity contribution in [3.63, 3.8) is 0 Å². The fourth-order valence-corrected chi connectivity index (χ4v) is 2.60. The lowest BCUT2D eigenvalue weighted by molar-refractivity contribution is -0.135. The Hall–Kier alpha value is -2.08. The van der Waals surface area contributed by atoms with Crippen LogP contribution in [0.4, 0.5) is 4.79 Å². The van der Waals surface area contributed by atoms with Gasteiger partial charge in [-0.1, -0.05) is 30.3 Å². The lowest BCUT2D eigenvalue weighted by Gasteiger charge is -2.33. The molecule has 24 heavy (non-hydrogen) atoms. The number of carbonyl (C=O) groups is 2. The van der Waals surface area contributed by atoms with E-state index in [4.69, 9.17) is 6.11 Å². The van der Waals surface area contributed by atoms with Crippen molar-refractivity contribution in [2.24, 2.45) is 0 Å². The van der Waals surface area contributed by atoms with Crippen LogP contribution in [0.3, 0.4) is 0 Å². The maximum absolute atomic E-state index is 12.9. The molecule has 0 radical (unpaired) electrons. The van der Waals surface area contributed by atoms with Crippen LogP contribution < -0.4 is 5.32 Å². The van der Waals surface area contributed by atoms with Crippen molar-refractivity contribution >= 4 is 12.0 Å². The van der Waals surface area contributed by atoms with E-state index in [9.17, 15) is 14.7 Å². The van der Waals surface area contributed by atoms with Crippen molar-refractivity contribution in [3.05, 3.63) is 35.9 Å². The van der Waals surface area contributed by atoms with E-state index in [1.165, 1.54) is 0 Å². The highest BCUT2D eigenvalue weighted by molar-refractivity contribution is 5.87. The lowest BCUT2D eigenvalue weighted by Crippen LogP contribution is -2.47. The van der Waals surface area contributed by atoms with Crippen molar-refractivity contribution in [1.82, 2.24) is 10.2 Å². The van der Waals surface area contributed by atoms with Crippen LogP contribution in [0.2, 0.25) is 0 Å². The number of ether oxygens (including phenoxy) is 1. The quantitative estimate of drug-likeness (QED) is 0.888. The molecule has 1 fully saturated rings. The number of likely N-dealkylation sites (tertiary alicyclic amines) is 1. The molecule has 0 spiro atoms. The number of carbonyl (C=O) groups excluding carboxylic acids is 2. The lowest BCUT2D eigenvalue weighted by atomic mass is 10.0. The molecule has 1 saturated heterocycles. The van der Waals surface area contributed by atoms with Gasteiger partial charge >= 0.3 is 6.09 Å². The van der Waals surface area contributed by atoms with Crippen molar-refractivity contribution in [3.8, 4) is 0 Å². The van der Waals surface area contributed by atoms with Crippen LogP contribution in [0, 0.1) is 0 Å². The van der Waals surface area contributed by atoms with Crippen LogP contribution in [-0.2, 0) is 9.53 Å². The Morgan fingerprint density at radius 2 is 1.96 bits per heavy atom. The fraction of sp³-hybridized carbons (Fsp3) is 0.556. The second-order valence-corrected chi connectivity index (χ2v) is 6.69. The molecule has 0 saturated carbocycles. The third-order valence-corrected chi connectivity index (χ3v) is 3.79. The van der Waals surface area contributed by atoms with Crippen molar-refractivity contribution in [2.45, 2.75) is 51.3 Å². The van der Waals surface area contributed by atoms with Crippen LogP contribution in [0.15, 0.2) is 30.3 Å². The van der Waals surface area contributed by atoms with Crippen molar-refractivity contribution in [2.75, 3.05) is 13.1 Å². The number of hydrogen-bond donors (Lipinski definition) is 2. The average molecular weight is 335 g/mol. The summed E-state index contributed by atoms with van der Waals surface area (Å²) in [5.74, 6) is -0.223. The minimum atomic E-state index is -0.927. The molecule has 1 unspecified atom stereocenters. The Balaban J connectivity index is 2.13. The minimum absolute atomic E-state index is 0.0750. The Morgan fingerprint density at radius 3 is 2.54 bits per heavy atom. The Labute approximate surface area is 144 Å². The number of nitrogens with zero attached hydrogens (tertiary/aromatic N) is 1. The predicted molar refractivity (Wildman–Crippen MR) is 90.4 cm³/mol. The van der Waals surface area contributed by atoms with Gasteiger partial charge in [0.2, 0.25) is 5.91 Å². The van der Waals surface area contributed by atoms with E-state index < -0.39 is 17.7 Å². The zero-order valence-electron chi connectivity index (χ0n) is 15.2. The van der Waals surface area contributed by atoms with E-state index in [0.717, 1.165) is 0 Å². The van der Waals surface area contributed by atoms with Crippen LogP contribution in [0.25, 0.3) is 0 Å². The van der Waals surface area contributed by atoms with Crippen LogP contribution >= 0.6 is 0 Å². The highest BCUT2D eigenvalue weighted by atomic mass is 16.6. The highest BCUT2D eigenvalue weighted by Gasteiger charge is 2.31. The number of amides is 2. The van der Waals surface area contributed by atoms with Gasteiger partial charge in [-0.3, -0.25) is 4.79 Å². The third-order valence-electron chi connectivity index (χ3n) is 3.79. The van der Waals surface area contributed by atoms with Gasteiger partial charge in [-0.25, -0.2) is 4.79 Å². The molecule has 2 rings (SSSR count). The first-order chi connectivity index (χ1) is 11.8. The third kappa shape index (κ3) is 5.23. The van der Waals surface area contributed by atoms with E-state index in [-0.39, 0.29) is 18.9 Å². The molecule has 1 aromatic rings. The molecule has 6 nitrogen and oxygen atoms in total. The summed E-state index contributed by atoms with van der Waals surface area (Å²) < 4.78 is 12.7. The predicted octanol–water partition coefficient (Wildman–Crippen LogP) is 2.24. The topological polar surface area (TPSA) is 78.9 Å². The first-order valence-corrected chi connectivity index (χ1v) is 8.13. The number of nitrogens with one attached hydrogen (secondary N) is 1. The second-order valence-electron chi connectivity index (χ2n) is 6.69. The summed E-state index contributed by atoms with van der Waals surface area (Å²) in [6, 6.07) is 8.14. The van der Waals surface area contributed by atoms with E-state index in [0.29, 0.717) is 31.5 Å². The van der Waals surface area contributed by atoms with E-state index in [1.54, 1.807) is 43.0 Å². The molecule has 0 aromatic heterocycles. The van der Waals surface area contributed by atoms with Crippen molar-refractivity contribution in [1.29, 1.82) is 0 Å². The van der Waals surface area contributed by atoms with Gasteiger partial charge < -0.3 is 20.1 Å². The zero-order valence-corrected chi connectivity index (χ0v) is 14.2. The maximum Gasteiger partial charge on any atom is 0.408 e. The van der Waals surface area contributed by atoms with E-state index in [1.807, 2.05) is 6.07 Å². The highest BCUT2D eigenvalue weighted by Crippen LogP contribution is 2.20. The largest absolute Gasteiger partial charge is 0.444 e. The van der Waals surface area contributed by atoms with E-state index in [2.05, 4.69) is 5.32 Å². The number of alkyl carbamates (subject to hydrolysis) is 1. The van der Waals surface area contributed by atoms with Gasteiger partial charge in [0.25, 0.3) is 0 Å². The normalized spacial score (nSPS) is 17.8. The van der Waals surface area contributed by atoms with Gasteiger partial charge in [0.15, 0.2) is 0 Å². The second kappa shape index (κ2) is 7.66. The van der Waals surface area contributed by atoms with Gasteiger partial charge in [-0.05, 0) is 39.2 Å². The zero-order chi connectivity index (χ0) is 18.4. The van der Waals surface area contributed by atoms with E-state index >= 15 is 0 Å². The summed E-state index contributed by atoms with van der Waals surface area (Å²) in [7, 11) is 0. The van der Waals surface area contributed by atoms with Gasteiger partial charge in [0.05, 0.1) is 6.10 Å². The molecule has 6 heteroatoms. The number of aliphatic hydroxyl groups is 1. The molecule has 2 amide bonds. The molecule has 1 heterocycles. The molecular formula is C18H26N2O4. The summed E-state index contributed by atoms with van der Waals surface area (Å²) in [5, 5.41) is 12.3. The van der Waals surface area contributed by atoms with Gasteiger partial charge in [0.1, 0.15) is 11.6 Å². The van der Waals surface area contributed by atoms with Gasteiger partial charge in [-0.15, -0.1) is 0 Å². The van der Waals surface area contributed by atoms with Gasteiger partial charge in [-0.2, -0.15) is 0 Å². The summed E-state index contributed by atoms with van der Waals surface area (Å²) in [6.45, 7) is 4.13. The number of rotatable bonds is 3. The summed E-state index contributed by atoms with van der Waals surface area (Å²) in [6.07, 6.45) is -0.0425. The molecule has 1 aromatic carbocycles. The smallest absolute Gasteiger partial charge is 0.408 e. The minimum Gasteiger partial charge on any atom is -0.444 e. The first kappa shape index (κ1) is 16.8. The average Bonchev–Trinajstić information content (AvgIpc) is 2.60. The standard InChI is InChI=1S/C18H26N2O4/c1-18(2,3)24-17(23)19-15(13-7-5-4-6-8-13)16(22)20-11-9-14(21)10-12-20/h4-8,14-15,21H,9-12H2,1-3H3,(H,19,23)/i1D. The molecule has 2 N–H and O–H groups in total. The maximum atomic E-state index is 12.9. The summed E-state index contributed by atoms with van der Waals surface area (Å²) >= 11 is 0. The van der Waals surface area contributed by atoms with Crippen LogP contribution in [-0.4, -0.2) is 46.8 Å². The molecule has 1 aliphatic rings. The molecule has 132 valence electrons. The monoisotopic (exact) mass is 335 g/mol. The molecule has 0 bridgehead atoms. The number of piperidine rings is 1. The van der Waals surface area contributed by atoms with Crippen molar-refractivity contribution < 1.29 is 20.8 Å². The molecule has 1 aliphatic heterocycles. The Kier molecular flexibility index (Phi) is 5.35. The van der Waals surface area contributed by atoms with Crippen LogP contribution in [0.1, 0.15) is 46.6 Å². The molecule has 1 atom stereocenters. The summed E-state index contributed by atoms with van der Waals surface area (Å²) in [5.41, 5.74) is -0.261. The Morgan fingerprint density at radius 1 is 1.33 bits per heavy atom. The van der Waals surface area contributed by atoms with Crippen LogP contribution in [0.5, 0.6) is 0 Å². The first-order valence-electron chi connectivity index (χ1n) is 8.83. The molecular weight excluding hydrogens is 308 g/mol. The fourth-order valence-electron chi connectivity index (χ4n) is 2.60. The van der Waals surface area contributed by atoms with Gasteiger partial charge in [0, 0.05) is 14.5 Å². The Bertz CT molecular complexity index is 586.